The molecule has 2 atom stereocenters. The third-order valence-electron chi connectivity index (χ3n) is 3.09. The van der Waals surface area contributed by atoms with Gasteiger partial charge in [0, 0.05) is 24.0 Å². The van der Waals surface area contributed by atoms with Crippen molar-refractivity contribution in [1.82, 2.24) is 5.32 Å². The zero-order valence-corrected chi connectivity index (χ0v) is 9.79. The number of rotatable bonds is 2. The van der Waals surface area contributed by atoms with E-state index in [-0.39, 0.29) is 11.8 Å². The fourth-order valence-electron chi connectivity index (χ4n) is 2.20. The number of hydrogen-bond donors (Lipinski definition) is 2. The Labute approximate surface area is 99.4 Å². The average Bonchev–Trinajstić information content (AvgIpc) is 2.66. The standard InChI is InChI=1S/C12H14ClNO2/c1-7-2-3-8(11(13)4-7)9-5-14-6-10(9)12(15)16/h2-4,9-10,14H,5-6H2,1H3,(H,15,16)/t9-,10+/m0/s1. The summed E-state index contributed by atoms with van der Waals surface area (Å²) in [6.07, 6.45) is 0. The molecule has 0 amide bonds. The molecule has 0 radical (unpaired) electrons. The van der Waals surface area contributed by atoms with Gasteiger partial charge in [-0.1, -0.05) is 23.7 Å². The lowest BCUT2D eigenvalue weighted by Crippen LogP contribution is -2.21. The minimum absolute atomic E-state index is 0.0226. The first-order chi connectivity index (χ1) is 7.59. The molecule has 3 nitrogen and oxygen atoms in total. The highest BCUT2D eigenvalue weighted by Gasteiger charge is 2.34. The second-order valence-corrected chi connectivity index (χ2v) is 4.64. The van der Waals surface area contributed by atoms with E-state index in [1.165, 1.54) is 0 Å². The molecular weight excluding hydrogens is 226 g/mol. The fraction of sp³-hybridized carbons (Fsp3) is 0.417. The summed E-state index contributed by atoms with van der Waals surface area (Å²) < 4.78 is 0. The van der Waals surface area contributed by atoms with Gasteiger partial charge in [0.05, 0.1) is 5.92 Å². The van der Waals surface area contributed by atoms with Gasteiger partial charge in [-0.25, -0.2) is 0 Å². The van der Waals surface area contributed by atoms with E-state index in [1.54, 1.807) is 0 Å². The van der Waals surface area contributed by atoms with E-state index in [4.69, 9.17) is 16.7 Å². The van der Waals surface area contributed by atoms with Gasteiger partial charge in [-0.2, -0.15) is 0 Å². The Morgan fingerprint density at radius 2 is 2.25 bits per heavy atom. The summed E-state index contributed by atoms with van der Waals surface area (Å²) in [5.74, 6) is -1.16. The Morgan fingerprint density at radius 1 is 1.50 bits per heavy atom. The van der Waals surface area contributed by atoms with Gasteiger partial charge < -0.3 is 10.4 Å². The maximum Gasteiger partial charge on any atom is 0.308 e. The van der Waals surface area contributed by atoms with E-state index in [2.05, 4.69) is 5.32 Å². The monoisotopic (exact) mass is 239 g/mol. The SMILES string of the molecule is Cc1ccc([C@@H]2CNC[C@H]2C(=O)O)c(Cl)c1. The largest absolute Gasteiger partial charge is 0.481 e. The number of carboxylic acid groups (broad SMARTS) is 1. The quantitative estimate of drug-likeness (QED) is 0.830. The zero-order valence-electron chi connectivity index (χ0n) is 9.03. The van der Waals surface area contributed by atoms with Crippen molar-refractivity contribution in [3.8, 4) is 0 Å². The van der Waals surface area contributed by atoms with Crippen LogP contribution in [0.5, 0.6) is 0 Å². The molecule has 1 saturated heterocycles. The fourth-order valence-corrected chi connectivity index (χ4v) is 2.57. The first kappa shape index (κ1) is 11.4. The molecule has 1 heterocycles. The van der Waals surface area contributed by atoms with Crippen LogP contribution in [0.2, 0.25) is 5.02 Å². The topological polar surface area (TPSA) is 49.3 Å². The molecule has 2 N–H and O–H groups in total. The normalized spacial score (nSPS) is 24.6. The van der Waals surface area contributed by atoms with E-state index in [0.29, 0.717) is 18.1 Å². The van der Waals surface area contributed by atoms with Gasteiger partial charge in [0.1, 0.15) is 0 Å². The third-order valence-corrected chi connectivity index (χ3v) is 3.41. The molecule has 1 aromatic rings. The van der Waals surface area contributed by atoms with Crippen molar-refractivity contribution in [2.24, 2.45) is 5.92 Å². The number of aliphatic carboxylic acids is 1. The van der Waals surface area contributed by atoms with Crippen LogP contribution in [-0.2, 0) is 4.79 Å². The Bertz CT molecular complexity index is 419. The highest BCUT2D eigenvalue weighted by Crippen LogP contribution is 2.33. The molecule has 0 aliphatic carbocycles. The molecule has 1 aliphatic heterocycles. The van der Waals surface area contributed by atoms with Gasteiger partial charge in [0.15, 0.2) is 0 Å². The molecule has 0 bridgehead atoms. The van der Waals surface area contributed by atoms with Crippen LogP contribution >= 0.6 is 11.6 Å². The van der Waals surface area contributed by atoms with E-state index in [9.17, 15) is 4.79 Å². The summed E-state index contributed by atoms with van der Waals surface area (Å²) >= 11 is 6.16. The van der Waals surface area contributed by atoms with Crippen molar-refractivity contribution in [2.45, 2.75) is 12.8 Å². The van der Waals surface area contributed by atoms with Gasteiger partial charge in [-0.3, -0.25) is 4.79 Å². The van der Waals surface area contributed by atoms with E-state index < -0.39 is 5.97 Å². The van der Waals surface area contributed by atoms with Crippen LogP contribution in [0.4, 0.5) is 0 Å². The van der Waals surface area contributed by atoms with E-state index >= 15 is 0 Å². The molecule has 1 fully saturated rings. The van der Waals surface area contributed by atoms with Crippen LogP contribution in [0.3, 0.4) is 0 Å². The van der Waals surface area contributed by atoms with Crippen molar-refractivity contribution in [1.29, 1.82) is 0 Å². The Balaban J connectivity index is 2.32. The average molecular weight is 240 g/mol. The molecule has 0 spiro atoms. The minimum atomic E-state index is -0.758. The summed E-state index contributed by atoms with van der Waals surface area (Å²) in [5.41, 5.74) is 2.02. The maximum absolute atomic E-state index is 11.1. The summed E-state index contributed by atoms with van der Waals surface area (Å²) in [4.78, 5) is 11.1. The van der Waals surface area contributed by atoms with Gasteiger partial charge in [-0.15, -0.1) is 0 Å². The molecule has 2 rings (SSSR count). The highest BCUT2D eigenvalue weighted by atomic mass is 35.5. The van der Waals surface area contributed by atoms with Crippen molar-refractivity contribution >= 4 is 17.6 Å². The number of nitrogens with one attached hydrogen (secondary N) is 1. The van der Waals surface area contributed by atoms with Crippen molar-refractivity contribution in [3.63, 3.8) is 0 Å². The summed E-state index contributed by atoms with van der Waals surface area (Å²) in [7, 11) is 0. The van der Waals surface area contributed by atoms with E-state index in [0.717, 1.165) is 11.1 Å². The van der Waals surface area contributed by atoms with Crippen LogP contribution < -0.4 is 5.32 Å². The first-order valence-corrected chi connectivity index (χ1v) is 5.67. The lowest BCUT2D eigenvalue weighted by atomic mass is 9.88. The summed E-state index contributed by atoms with van der Waals surface area (Å²) in [6, 6.07) is 5.79. The van der Waals surface area contributed by atoms with Crippen molar-refractivity contribution in [2.75, 3.05) is 13.1 Å². The lowest BCUT2D eigenvalue weighted by molar-refractivity contribution is -0.141. The van der Waals surface area contributed by atoms with Crippen molar-refractivity contribution in [3.05, 3.63) is 34.3 Å². The summed E-state index contributed by atoms with van der Waals surface area (Å²) in [5, 5.41) is 12.9. The molecule has 16 heavy (non-hydrogen) atoms. The Kier molecular flexibility index (Phi) is 3.17. The molecule has 1 aliphatic rings. The Morgan fingerprint density at radius 3 is 2.88 bits per heavy atom. The molecule has 0 saturated carbocycles. The van der Waals surface area contributed by atoms with Crippen LogP contribution in [-0.4, -0.2) is 24.2 Å². The molecular formula is C12H14ClNO2. The third kappa shape index (κ3) is 2.06. The zero-order chi connectivity index (χ0) is 11.7. The number of carbonyl (C=O) groups is 1. The number of hydrogen-bond acceptors (Lipinski definition) is 2. The van der Waals surface area contributed by atoms with Gasteiger partial charge in [0.25, 0.3) is 0 Å². The first-order valence-electron chi connectivity index (χ1n) is 5.29. The number of carboxylic acids is 1. The van der Waals surface area contributed by atoms with Crippen LogP contribution in [0.15, 0.2) is 18.2 Å². The lowest BCUT2D eigenvalue weighted by Gasteiger charge is -2.16. The number of benzene rings is 1. The second-order valence-electron chi connectivity index (χ2n) is 4.23. The Hall–Kier alpha value is -1.06. The number of halogens is 1. The minimum Gasteiger partial charge on any atom is -0.481 e. The second kappa shape index (κ2) is 4.44. The van der Waals surface area contributed by atoms with E-state index in [1.807, 2.05) is 25.1 Å². The number of aryl methyl sites for hydroxylation is 1. The van der Waals surface area contributed by atoms with Gasteiger partial charge in [0.2, 0.25) is 0 Å². The van der Waals surface area contributed by atoms with Gasteiger partial charge >= 0.3 is 5.97 Å². The van der Waals surface area contributed by atoms with Crippen LogP contribution in [0.1, 0.15) is 17.0 Å². The van der Waals surface area contributed by atoms with Crippen LogP contribution in [0, 0.1) is 12.8 Å². The maximum atomic E-state index is 11.1. The smallest absolute Gasteiger partial charge is 0.308 e. The molecule has 0 unspecified atom stereocenters. The van der Waals surface area contributed by atoms with Gasteiger partial charge in [-0.05, 0) is 24.1 Å². The highest BCUT2D eigenvalue weighted by molar-refractivity contribution is 6.31. The molecule has 1 aromatic carbocycles. The predicted molar refractivity (Wildman–Crippen MR) is 62.9 cm³/mol. The molecule has 0 aromatic heterocycles. The molecule has 86 valence electrons. The predicted octanol–water partition coefficient (Wildman–Crippen LogP) is 2.04. The summed E-state index contributed by atoms with van der Waals surface area (Å²) in [6.45, 7) is 3.17. The molecule has 4 heteroatoms. The van der Waals surface area contributed by atoms with Crippen molar-refractivity contribution < 1.29 is 9.90 Å². The van der Waals surface area contributed by atoms with Crippen LogP contribution in [0.25, 0.3) is 0 Å².